The first-order chi connectivity index (χ1) is 7.74. The van der Waals surface area contributed by atoms with Crippen LogP contribution in [0.4, 0.5) is 13.2 Å². The summed E-state index contributed by atoms with van der Waals surface area (Å²) >= 11 is 0. The monoisotopic (exact) mass is 255 g/mol. The van der Waals surface area contributed by atoms with Crippen molar-refractivity contribution in [2.75, 3.05) is 13.1 Å². The SMILES string of the molecule is CC(C)C(CCNCCCC(F)(F)F)C(=O)O. The molecule has 0 heterocycles. The fourth-order valence-corrected chi connectivity index (χ4v) is 1.54. The topological polar surface area (TPSA) is 49.3 Å². The third-order valence-electron chi connectivity index (χ3n) is 2.57. The Morgan fingerprint density at radius 1 is 1.29 bits per heavy atom. The molecule has 17 heavy (non-hydrogen) atoms. The number of rotatable bonds is 8. The third-order valence-corrected chi connectivity index (χ3v) is 2.57. The molecule has 0 fully saturated rings. The lowest BCUT2D eigenvalue weighted by Crippen LogP contribution is -2.26. The molecule has 0 aromatic carbocycles. The minimum absolute atomic E-state index is 0.0307. The number of carboxylic acids is 1. The van der Waals surface area contributed by atoms with E-state index in [-0.39, 0.29) is 18.9 Å². The van der Waals surface area contributed by atoms with Gasteiger partial charge >= 0.3 is 12.1 Å². The summed E-state index contributed by atoms with van der Waals surface area (Å²) in [6.45, 7) is 4.35. The molecule has 0 aliphatic carbocycles. The minimum Gasteiger partial charge on any atom is -0.481 e. The molecule has 0 saturated carbocycles. The zero-order valence-electron chi connectivity index (χ0n) is 10.2. The van der Waals surface area contributed by atoms with E-state index in [4.69, 9.17) is 5.11 Å². The molecule has 0 radical (unpaired) electrons. The molecule has 3 nitrogen and oxygen atoms in total. The fraction of sp³-hybridized carbons (Fsp3) is 0.909. The Balaban J connectivity index is 3.60. The van der Waals surface area contributed by atoms with Gasteiger partial charge in [0.25, 0.3) is 0 Å². The van der Waals surface area contributed by atoms with Crippen LogP contribution in [0.1, 0.15) is 33.1 Å². The van der Waals surface area contributed by atoms with Gasteiger partial charge in [0.15, 0.2) is 0 Å². The van der Waals surface area contributed by atoms with Crippen LogP contribution in [0.25, 0.3) is 0 Å². The van der Waals surface area contributed by atoms with Gasteiger partial charge in [-0.25, -0.2) is 0 Å². The molecular formula is C11H20F3NO2. The Morgan fingerprint density at radius 3 is 2.29 bits per heavy atom. The maximum Gasteiger partial charge on any atom is 0.389 e. The molecule has 102 valence electrons. The van der Waals surface area contributed by atoms with E-state index in [1.54, 1.807) is 0 Å². The Kier molecular flexibility index (Phi) is 7.18. The van der Waals surface area contributed by atoms with Crippen LogP contribution in [0.5, 0.6) is 0 Å². The highest BCUT2D eigenvalue weighted by Crippen LogP contribution is 2.20. The smallest absolute Gasteiger partial charge is 0.389 e. The largest absolute Gasteiger partial charge is 0.481 e. The van der Waals surface area contributed by atoms with Gasteiger partial charge in [-0.05, 0) is 31.8 Å². The number of carboxylic acid groups (broad SMARTS) is 1. The predicted octanol–water partition coefficient (Wildman–Crippen LogP) is 2.67. The van der Waals surface area contributed by atoms with Gasteiger partial charge in [-0.1, -0.05) is 13.8 Å². The molecule has 1 unspecified atom stereocenters. The van der Waals surface area contributed by atoms with Crippen molar-refractivity contribution < 1.29 is 23.1 Å². The molecule has 0 aromatic rings. The summed E-state index contributed by atoms with van der Waals surface area (Å²) in [5.74, 6) is -1.26. The molecule has 0 aliphatic heterocycles. The van der Waals surface area contributed by atoms with E-state index >= 15 is 0 Å². The van der Waals surface area contributed by atoms with Gasteiger partial charge in [-0.3, -0.25) is 4.79 Å². The summed E-state index contributed by atoms with van der Waals surface area (Å²) in [7, 11) is 0. The van der Waals surface area contributed by atoms with Gasteiger partial charge in [0, 0.05) is 6.42 Å². The van der Waals surface area contributed by atoms with Gasteiger partial charge in [0.1, 0.15) is 0 Å². The minimum atomic E-state index is -4.11. The number of hydrogen-bond acceptors (Lipinski definition) is 2. The first kappa shape index (κ1) is 16.2. The van der Waals surface area contributed by atoms with Gasteiger partial charge in [0.2, 0.25) is 0 Å². The normalized spacial score (nSPS) is 14.0. The predicted molar refractivity (Wildman–Crippen MR) is 58.7 cm³/mol. The van der Waals surface area contributed by atoms with Crippen molar-refractivity contribution in [2.24, 2.45) is 11.8 Å². The molecule has 0 spiro atoms. The van der Waals surface area contributed by atoms with Crippen molar-refractivity contribution in [1.29, 1.82) is 0 Å². The van der Waals surface area contributed by atoms with Crippen LogP contribution >= 0.6 is 0 Å². The van der Waals surface area contributed by atoms with Crippen molar-refractivity contribution in [2.45, 2.75) is 39.3 Å². The number of carbonyl (C=O) groups is 1. The van der Waals surface area contributed by atoms with E-state index in [2.05, 4.69) is 5.32 Å². The van der Waals surface area contributed by atoms with Crippen LogP contribution in [-0.2, 0) is 4.79 Å². The standard InChI is InChI=1S/C11H20F3NO2/c1-8(2)9(10(16)17)4-7-15-6-3-5-11(12,13)14/h8-9,15H,3-7H2,1-2H3,(H,16,17). The molecule has 2 N–H and O–H groups in total. The lowest BCUT2D eigenvalue weighted by molar-refractivity contribution is -0.143. The molecule has 6 heteroatoms. The Labute approximate surface area is 99.4 Å². The number of halogens is 3. The molecule has 0 aliphatic rings. The number of nitrogens with one attached hydrogen (secondary N) is 1. The Bertz CT molecular complexity index is 229. The van der Waals surface area contributed by atoms with Gasteiger partial charge in [0.05, 0.1) is 5.92 Å². The maximum atomic E-state index is 11.8. The Morgan fingerprint density at radius 2 is 1.88 bits per heavy atom. The van der Waals surface area contributed by atoms with Crippen molar-refractivity contribution in [3.05, 3.63) is 0 Å². The molecule has 1 atom stereocenters. The number of alkyl halides is 3. The molecule has 0 bridgehead atoms. The van der Waals surface area contributed by atoms with Gasteiger partial charge < -0.3 is 10.4 Å². The van der Waals surface area contributed by atoms with Crippen LogP contribution in [-0.4, -0.2) is 30.3 Å². The van der Waals surface area contributed by atoms with Crippen molar-refractivity contribution >= 4 is 5.97 Å². The van der Waals surface area contributed by atoms with Gasteiger partial charge in [-0.2, -0.15) is 13.2 Å². The van der Waals surface area contributed by atoms with E-state index in [0.717, 1.165) is 0 Å². The van der Waals surface area contributed by atoms with Crippen LogP contribution in [0.15, 0.2) is 0 Å². The second-order valence-corrected chi connectivity index (χ2v) is 4.45. The van der Waals surface area contributed by atoms with Gasteiger partial charge in [-0.15, -0.1) is 0 Å². The zero-order valence-corrected chi connectivity index (χ0v) is 10.2. The van der Waals surface area contributed by atoms with E-state index in [9.17, 15) is 18.0 Å². The molecular weight excluding hydrogens is 235 g/mol. The summed E-state index contributed by atoms with van der Waals surface area (Å²) in [5, 5.41) is 11.7. The highest BCUT2D eigenvalue weighted by molar-refractivity contribution is 5.70. The average molecular weight is 255 g/mol. The first-order valence-corrected chi connectivity index (χ1v) is 5.74. The summed E-state index contributed by atoms with van der Waals surface area (Å²) in [4.78, 5) is 10.8. The van der Waals surface area contributed by atoms with Crippen LogP contribution in [0.3, 0.4) is 0 Å². The molecule has 0 aromatic heterocycles. The van der Waals surface area contributed by atoms with Crippen LogP contribution < -0.4 is 5.32 Å². The zero-order chi connectivity index (χ0) is 13.5. The third kappa shape index (κ3) is 8.97. The van der Waals surface area contributed by atoms with E-state index in [0.29, 0.717) is 13.0 Å². The lowest BCUT2D eigenvalue weighted by Gasteiger charge is -2.16. The summed E-state index contributed by atoms with van der Waals surface area (Å²) < 4.78 is 35.4. The molecule has 0 amide bonds. The van der Waals surface area contributed by atoms with Crippen LogP contribution in [0, 0.1) is 11.8 Å². The number of hydrogen-bond donors (Lipinski definition) is 2. The second-order valence-electron chi connectivity index (χ2n) is 4.45. The number of aliphatic carboxylic acids is 1. The maximum absolute atomic E-state index is 11.8. The van der Waals surface area contributed by atoms with E-state index in [1.807, 2.05) is 13.8 Å². The molecule has 0 saturated heterocycles. The Hall–Kier alpha value is -0.780. The van der Waals surface area contributed by atoms with E-state index in [1.165, 1.54) is 0 Å². The van der Waals surface area contributed by atoms with Crippen molar-refractivity contribution in [3.8, 4) is 0 Å². The summed E-state index contributed by atoms with van der Waals surface area (Å²) in [6.07, 6.45) is -4.43. The molecule has 0 rings (SSSR count). The van der Waals surface area contributed by atoms with Crippen LogP contribution in [0.2, 0.25) is 0 Å². The first-order valence-electron chi connectivity index (χ1n) is 5.74. The highest BCUT2D eigenvalue weighted by atomic mass is 19.4. The second kappa shape index (κ2) is 7.53. The fourth-order valence-electron chi connectivity index (χ4n) is 1.54. The van der Waals surface area contributed by atoms with Crippen molar-refractivity contribution in [3.63, 3.8) is 0 Å². The lowest BCUT2D eigenvalue weighted by atomic mass is 9.93. The average Bonchev–Trinajstić information content (AvgIpc) is 2.13. The van der Waals surface area contributed by atoms with Crippen molar-refractivity contribution in [1.82, 2.24) is 5.32 Å². The quantitative estimate of drug-likeness (QED) is 0.655. The summed E-state index contributed by atoms with van der Waals surface area (Å²) in [5.41, 5.74) is 0. The highest BCUT2D eigenvalue weighted by Gasteiger charge is 2.26. The van der Waals surface area contributed by atoms with E-state index < -0.39 is 24.5 Å². The summed E-state index contributed by atoms with van der Waals surface area (Å²) in [6, 6.07) is 0.